The molecule has 0 saturated carbocycles. The molecule has 1 atom stereocenters. The van der Waals surface area contributed by atoms with Gasteiger partial charge in [0.2, 0.25) is 5.91 Å². The van der Waals surface area contributed by atoms with E-state index in [9.17, 15) is 9.59 Å². The zero-order valence-corrected chi connectivity index (χ0v) is 12.0. The second kappa shape index (κ2) is 8.76. The Labute approximate surface area is 123 Å². The van der Waals surface area contributed by atoms with Crippen LogP contribution in [0.1, 0.15) is 12.0 Å². The molecule has 1 unspecified atom stereocenters. The number of carbonyl (C=O) groups excluding carboxylic acids is 1. The fraction of sp³-hybridized carbons (Fsp3) is 0.333. The van der Waals surface area contributed by atoms with E-state index >= 15 is 0 Å². The molecule has 0 aliphatic rings. The summed E-state index contributed by atoms with van der Waals surface area (Å²) in [4.78, 5) is 22.7. The highest BCUT2D eigenvalue weighted by Gasteiger charge is 2.18. The highest BCUT2D eigenvalue weighted by atomic mass is 16.5. The van der Waals surface area contributed by atoms with Gasteiger partial charge < -0.3 is 19.9 Å². The number of methoxy groups -OCH3 is 2. The van der Waals surface area contributed by atoms with Gasteiger partial charge in [-0.15, -0.1) is 0 Å². The number of carboxylic acid groups (broad SMARTS) is 1. The summed E-state index contributed by atoms with van der Waals surface area (Å²) in [6, 6.07) is 6.18. The van der Waals surface area contributed by atoms with Gasteiger partial charge in [-0.05, 0) is 23.8 Å². The van der Waals surface area contributed by atoms with Crippen LogP contribution in [0.4, 0.5) is 0 Å². The minimum Gasteiger partial charge on any atom is -0.497 e. The topological polar surface area (TPSA) is 84.9 Å². The van der Waals surface area contributed by atoms with Gasteiger partial charge >= 0.3 is 5.97 Å². The van der Waals surface area contributed by atoms with Crippen LogP contribution in [-0.4, -0.2) is 43.9 Å². The van der Waals surface area contributed by atoms with Crippen LogP contribution in [0.25, 0.3) is 6.08 Å². The third kappa shape index (κ3) is 6.09. The molecule has 0 saturated heterocycles. The molecule has 0 aliphatic heterocycles. The molecule has 21 heavy (non-hydrogen) atoms. The number of benzene rings is 1. The summed E-state index contributed by atoms with van der Waals surface area (Å²) in [6.07, 6.45) is 3.11. The van der Waals surface area contributed by atoms with E-state index in [4.69, 9.17) is 14.6 Å². The Bertz CT molecular complexity index is 495. The van der Waals surface area contributed by atoms with Crippen molar-refractivity contribution in [1.82, 2.24) is 5.32 Å². The van der Waals surface area contributed by atoms with Gasteiger partial charge in [0.15, 0.2) is 0 Å². The first-order valence-corrected chi connectivity index (χ1v) is 6.41. The second-order valence-electron chi connectivity index (χ2n) is 4.29. The van der Waals surface area contributed by atoms with E-state index < -0.39 is 17.9 Å². The van der Waals surface area contributed by atoms with Crippen LogP contribution in [0.3, 0.4) is 0 Å². The largest absolute Gasteiger partial charge is 0.497 e. The lowest BCUT2D eigenvalue weighted by Crippen LogP contribution is -2.40. The smallest absolute Gasteiger partial charge is 0.326 e. The summed E-state index contributed by atoms with van der Waals surface area (Å²) in [5.41, 5.74) is 0.815. The Balaban J connectivity index is 2.57. The molecule has 1 aromatic carbocycles. The van der Waals surface area contributed by atoms with Crippen LogP contribution in [0, 0.1) is 0 Å². The molecule has 0 radical (unpaired) electrons. The Morgan fingerprint density at radius 2 is 1.95 bits per heavy atom. The van der Waals surface area contributed by atoms with Crippen molar-refractivity contribution in [3.8, 4) is 5.75 Å². The highest BCUT2D eigenvalue weighted by molar-refractivity contribution is 5.94. The minimum atomic E-state index is -1.08. The van der Waals surface area contributed by atoms with Crippen molar-refractivity contribution in [2.45, 2.75) is 12.5 Å². The fourth-order valence-corrected chi connectivity index (χ4v) is 1.60. The molecular weight excluding hydrogens is 274 g/mol. The van der Waals surface area contributed by atoms with E-state index in [1.54, 1.807) is 37.5 Å². The van der Waals surface area contributed by atoms with Crippen molar-refractivity contribution < 1.29 is 24.2 Å². The predicted molar refractivity (Wildman–Crippen MR) is 78.1 cm³/mol. The van der Waals surface area contributed by atoms with Crippen LogP contribution in [-0.2, 0) is 14.3 Å². The third-order valence-electron chi connectivity index (χ3n) is 2.77. The number of rotatable bonds is 8. The normalized spacial score (nSPS) is 12.1. The third-order valence-corrected chi connectivity index (χ3v) is 2.77. The molecule has 114 valence electrons. The van der Waals surface area contributed by atoms with E-state index in [0.29, 0.717) is 0 Å². The van der Waals surface area contributed by atoms with Gasteiger partial charge in [-0.3, -0.25) is 4.79 Å². The van der Waals surface area contributed by atoms with Crippen LogP contribution >= 0.6 is 0 Å². The average Bonchev–Trinajstić information content (AvgIpc) is 2.49. The van der Waals surface area contributed by atoms with Crippen molar-refractivity contribution in [3.05, 3.63) is 35.9 Å². The molecule has 0 aliphatic carbocycles. The monoisotopic (exact) mass is 293 g/mol. The van der Waals surface area contributed by atoms with Crippen LogP contribution < -0.4 is 10.1 Å². The maximum atomic E-state index is 11.7. The lowest BCUT2D eigenvalue weighted by molar-refractivity contribution is -0.141. The molecule has 0 fully saturated rings. The van der Waals surface area contributed by atoms with Crippen molar-refractivity contribution in [1.29, 1.82) is 0 Å². The number of aliphatic carboxylic acids is 1. The number of carboxylic acids is 1. The summed E-state index contributed by atoms with van der Waals surface area (Å²) in [5, 5.41) is 11.4. The van der Waals surface area contributed by atoms with Crippen LogP contribution in [0.5, 0.6) is 5.75 Å². The fourth-order valence-electron chi connectivity index (χ4n) is 1.60. The van der Waals surface area contributed by atoms with E-state index in [1.807, 2.05) is 0 Å². The first-order valence-electron chi connectivity index (χ1n) is 6.41. The predicted octanol–water partition coefficient (Wildman–Crippen LogP) is 1.31. The van der Waals surface area contributed by atoms with Gasteiger partial charge in [0.05, 0.1) is 7.11 Å². The van der Waals surface area contributed by atoms with E-state index in [1.165, 1.54) is 13.2 Å². The van der Waals surface area contributed by atoms with Gasteiger partial charge in [-0.2, -0.15) is 0 Å². The zero-order chi connectivity index (χ0) is 15.7. The molecule has 0 aromatic heterocycles. The number of amides is 1. The standard InChI is InChI=1S/C15H19NO5/c1-20-10-9-13(15(18)19)16-14(17)8-5-11-3-6-12(21-2)7-4-11/h3-8,13H,9-10H2,1-2H3,(H,16,17)(H,18,19). The van der Waals surface area contributed by atoms with Crippen molar-refractivity contribution >= 4 is 18.0 Å². The molecule has 6 heteroatoms. The molecule has 0 bridgehead atoms. The van der Waals surface area contributed by atoms with Gasteiger partial charge in [0.25, 0.3) is 0 Å². The zero-order valence-electron chi connectivity index (χ0n) is 12.0. The number of nitrogens with one attached hydrogen (secondary N) is 1. The summed E-state index contributed by atoms with van der Waals surface area (Å²) in [7, 11) is 3.05. The van der Waals surface area contributed by atoms with Gasteiger partial charge in [-0.1, -0.05) is 12.1 Å². The first kappa shape index (κ1) is 16.7. The molecular formula is C15H19NO5. The van der Waals surface area contributed by atoms with Crippen molar-refractivity contribution in [2.75, 3.05) is 20.8 Å². The Morgan fingerprint density at radius 3 is 2.48 bits per heavy atom. The molecule has 1 rings (SSSR count). The Morgan fingerprint density at radius 1 is 1.29 bits per heavy atom. The van der Waals surface area contributed by atoms with Gasteiger partial charge in [0.1, 0.15) is 11.8 Å². The minimum absolute atomic E-state index is 0.216. The number of ether oxygens (including phenoxy) is 2. The SMILES string of the molecule is COCCC(NC(=O)C=Cc1ccc(OC)cc1)C(=O)O. The van der Waals surface area contributed by atoms with Gasteiger partial charge in [0, 0.05) is 26.2 Å². The van der Waals surface area contributed by atoms with Crippen LogP contribution in [0.2, 0.25) is 0 Å². The molecule has 0 spiro atoms. The second-order valence-corrected chi connectivity index (χ2v) is 4.29. The lowest BCUT2D eigenvalue weighted by atomic mass is 10.2. The van der Waals surface area contributed by atoms with E-state index in [2.05, 4.69) is 5.32 Å². The van der Waals surface area contributed by atoms with E-state index in [-0.39, 0.29) is 13.0 Å². The molecule has 2 N–H and O–H groups in total. The summed E-state index contributed by atoms with van der Waals surface area (Å²) < 4.78 is 9.84. The molecule has 6 nitrogen and oxygen atoms in total. The Kier molecular flexibility index (Phi) is 6.97. The quantitative estimate of drug-likeness (QED) is 0.706. The number of carbonyl (C=O) groups is 2. The summed E-state index contributed by atoms with van der Waals surface area (Å²) in [5.74, 6) is -0.824. The molecule has 1 amide bonds. The average molecular weight is 293 g/mol. The maximum Gasteiger partial charge on any atom is 0.326 e. The van der Waals surface area contributed by atoms with Crippen LogP contribution in [0.15, 0.2) is 30.3 Å². The molecule has 0 heterocycles. The first-order chi connectivity index (χ1) is 10.1. The Hall–Kier alpha value is -2.34. The number of hydrogen-bond donors (Lipinski definition) is 2. The van der Waals surface area contributed by atoms with Gasteiger partial charge in [-0.25, -0.2) is 4.79 Å². The summed E-state index contributed by atoms with van der Waals surface area (Å²) >= 11 is 0. The maximum absolute atomic E-state index is 11.7. The highest BCUT2D eigenvalue weighted by Crippen LogP contribution is 2.12. The van der Waals surface area contributed by atoms with Crippen molar-refractivity contribution in [3.63, 3.8) is 0 Å². The van der Waals surface area contributed by atoms with E-state index in [0.717, 1.165) is 11.3 Å². The summed E-state index contributed by atoms with van der Waals surface area (Å²) in [6.45, 7) is 0.263. The lowest BCUT2D eigenvalue weighted by Gasteiger charge is -2.12. The van der Waals surface area contributed by atoms with Crippen molar-refractivity contribution in [2.24, 2.45) is 0 Å². The number of hydrogen-bond acceptors (Lipinski definition) is 4. The molecule has 1 aromatic rings.